The molecule has 0 spiro atoms. The number of benzene rings is 1. The Kier molecular flexibility index (Phi) is 8.91. The Bertz CT molecular complexity index is 713. The topological polar surface area (TPSA) is 71.0 Å². The van der Waals surface area contributed by atoms with Gasteiger partial charge in [-0.3, -0.25) is 4.99 Å². The quantitative estimate of drug-likeness (QED) is 0.372. The number of anilines is 1. The highest BCUT2D eigenvalue weighted by Gasteiger charge is 2.04. The number of methoxy groups -OCH3 is 1. The second kappa shape index (κ2) is 11.7. The van der Waals surface area contributed by atoms with Crippen LogP contribution in [0.25, 0.3) is 0 Å². The van der Waals surface area contributed by atoms with E-state index in [1.165, 1.54) is 0 Å². The molecule has 0 radical (unpaired) electrons. The van der Waals surface area contributed by atoms with Crippen LogP contribution in [0.1, 0.15) is 19.4 Å². The Balaban J connectivity index is 1.72. The standard InChI is InChI=1S/C21H31N5O2/c1-5-26(6-2)20-12-7-17(15-24-20)16-25-21(22-3)23-13-14-28-19-10-8-18(27-4)9-11-19/h7-12,15H,5-6,13-14,16H2,1-4H3,(H2,22,23,25). The highest BCUT2D eigenvalue weighted by atomic mass is 16.5. The van der Waals surface area contributed by atoms with E-state index in [1.807, 2.05) is 30.5 Å². The maximum Gasteiger partial charge on any atom is 0.191 e. The van der Waals surface area contributed by atoms with E-state index in [9.17, 15) is 0 Å². The largest absolute Gasteiger partial charge is 0.497 e. The third-order valence-corrected chi connectivity index (χ3v) is 4.30. The zero-order valence-corrected chi connectivity index (χ0v) is 17.2. The number of guanidine groups is 1. The molecule has 0 bridgehead atoms. The van der Waals surface area contributed by atoms with Crippen molar-refractivity contribution in [1.29, 1.82) is 0 Å². The van der Waals surface area contributed by atoms with Crippen LogP contribution in [0.3, 0.4) is 0 Å². The fourth-order valence-electron chi connectivity index (χ4n) is 2.67. The molecule has 7 nitrogen and oxygen atoms in total. The van der Waals surface area contributed by atoms with E-state index < -0.39 is 0 Å². The van der Waals surface area contributed by atoms with Gasteiger partial charge >= 0.3 is 0 Å². The van der Waals surface area contributed by atoms with Gasteiger partial charge in [0.25, 0.3) is 0 Å². The average Bonchev–Trinajstić information content (AvgIpc) is 2.75. The SMILES string of the molecule is CCN(CC)c1ccc(CNC(=NC)NCCOc2ccc(OC)cc2)cn1. The van der Waals surface area contributed by atoms with Crippen LogP contribution in [0.5, 0.6) is 11.5 Å². The lowest BCUT2D eigenvalue weighted by atomic mass is 10.2. The second-order valence-electron chi connectivity index (χ2n) is 6.07. The molecular formula is C21H31N5O2. The van der Waals surface area contributed by atoms with Crippen molar-refractivity contribution >= 4 is 11.8 Å². The molecule has 0 unspecified atom stereocenters. The molecule has 1 heterocycles. The van der Waals surface area contributed by atoms with Crippen molar-refractivity contribution in [3.63, 3.8) is 0 Å². The minimum absolute atomic E-state index is 0.535. The smallest absolute Gasteiger partial charge is 0.191 e. The van der Waals surface area contributed by atoms with Gasteiger partial charge in [-0.15, -0.1) is 0 Å². The van der Waals surface area contributed by atoms with Crippen molar-refractivity contribution in [2.24, 2.45) is 4.99 Å². The lowest BCUT2D eigenvalue weighted by Gasteiger charge is -2.19. The maximum absolute atomic E-state index is 5.70. The Morgan fingerprint density at radius 2 is 1.75 bits per heavy atom. The van der Waals surface area contributed by atoms with Crippen LogP contribution < -0.4 is 25.0 Å². The first-order chi connectivity index (χ1) is 13.7. The normalized spacial score (nSPS) is 11.1. The Morgan fingerprint density at radius 3 is 2.32 bits per heavy atom. The summed E-state index contributed by atoms with van der Waals surface area (Å²) in [5.74, 6) is 3.36. The summed E-state index contributed by atoms with van der Waals surface area (Å²) in [7, 11) is 3.40. The van der Waals surface area contributed by atoms with Gasteiger partial charge in [-0.2, -0.15) is 0 Å². The van der Waals surface area contributed by atoms with Crippen LogP contribution in [0.4, 0.5) is 5.82 Å². The number of pyridine rings is 1. The minimum atomic E-state index is 0.535. The number of nitrogens with one attached hydrogen (secondary N) is 2. The molecule has 2 aromatic rings. The molecule has 0 fully saturated rings. The van der Waals surface area contributed by atoms with E-state index in [0.29, 0.717) is 19.7 Å². The number of hydrogen-bond donors (Lipinski definition) is 2. The molecule has 0 saturated heterocycles. The first-order valence-corrected chi connectivity index (χ1v) is 9.61. The number of aliphatic imine (C=N–C) groups is 1. The molecule has 7 heteroatoms. The molecule has 0 saturated carbocycles. The summed E-state index contributed by atoms with van der Waals surface area (Å²) in [5.41, 5.74) is 1.10. The third-order valence-electron chi connectivity index (χ3n) is 4.30. The highest BCUT2D eigenvalue weighted by Crippen LogP contribution is 2.16. The first-order valence-electron chi connectivity index (χ1n) is 9.61. The van der Waals surface area contributed by atoms with Gasteiger partial charge in [-0.25, -0.2) is 4.98 Å². The monoisotopic (exact) mass is 385 g/mol. The summed E-state index contributed by atoms with van der Waals surface area (Å²) in [6.45, 7) is 8.01. The molecule has 1 aromatic carbocycles. The Labute approximate surface area is 167 Å². The molecule has 0 aliphatic rings. The summed E-state index contributed by atoms with van der Waals surface area (Å²) >= 11 is 0. The van der Waals surface area contributed by atoms with Crippen LogP contribution in [0, 0.1) is 0 Å². The molecule has 0 aliphatic carbocycles. The van der Waals surface area contributed by atoms with Crippen LogP contribution >= 0.6 is 0 Å². The van der Waals surface area contributed by atoms with Crippen molar-refractivity contribution in [1.82, 2.24) is 15.6 Å². The van der Waals surface area contributed by atoms with Gasteiger partial charge in [0.1, 0.15) is 23.9 Å². The summed E-state index contributed by atoms with van der Waals surface area (Å²) in [5, 5.41) is 6.53. The summed E-state index contributed by atoms with van der Waals surface area (Å²) < 4.78 is 10.8. The van der Waals surface area contributed by atoms with Crippen LogP contribution in [0.15, 0.2) is 47.6 Å². The molecule has 152 valence electrons. The number of aromatic nitrogens is 1. The molecule has 1 aromatic heterocycles. The molecule has 2 rings (SSSR count). The molecular weight excluding hydrogens is 354 g/mol. The lowest BCUT2D eigenvalue weighted by molar-refractivity contribution is 0.321. The van der Waals surface area contributed by atoms with Crippen molar-refractivity contribution in [3.05, 3.63) is 48.2 Å². The van der Waals surface area contributed by atoms with Gasteiger partial charge in [-0.1, -0.05) is 6.07 Å². The highest BCUT2D eigenvalue weighted by molar-refractivity contribution is 5.79. The summed E-state index contributed by atoms with van der Waals surface area (Å²) in [6, 6.07) is 11.7. The fraction of sp³-hybridized carbons (Fsp3) is 0.429. The Hall–Kier alpha value is -2.96. The summed E-state index contributed by atoms with van der Waals surface area (Å²) in [4.78, 5) is 11.0. The number of nitrogens with zero attached hydrogens (tertiary/aromatic N) is 3. The predicted molar refractivity (Wildman–Crippen MR) is 114 cm³/mol. The molecule has 28 heavy (non-hydrogen) atoms. The Morgan fingerprint density at radius 1 is 1.04 bits per heavy atom. The van der Waals surface area contributed by atoms with E-state index in [4.69, 9.17) is 9.47 Å². The fourth-order valence-corrected chi connectivity index (χ4v) is 2.67. The number of rotatable bonds is 10. The van der Waals surface area contributed by atoms with Gasteiger partial charge in [-0.05, 0) is 49.7 Å². The van der Waals surface area contributed by atoms with Gasteiger partial charge < -0.3 is 25.0 Å². The maximum atomic E-state index is 5.70. The first kappa shape index (κ1) is 21.3. The van der Waals surface area contributed by atoms with Crippen LogP contribution in [-0.4, -0.2) is 51.3 Å². The number of hydrogen-bond acceptors (Lipinski definition) is 5. The van der Waals surface area contributed by atoms with Gasteiger partial charge in [0, 0.05) is 32.9 Å². The van der Waals surface area contributed by atoms with Gasteiger partial charge in [0.05, 0.1) is 13.7 Å². The average molecular weight is 386 g/mol. The van der Waals surface area contributed by atoms with E-state index in [-0.39, 0.29) is 0 Å². The molecule has 0 amide bonds. The van der Waals surface area contributed by atoms with Crippen molar-refractivity contribution in [2.75, 3.05) is 45.3 Å². The van der Waals surface area contributed by atoms with Crippen molar-refractivity contribution in [3.8, 4) is 11.5 Å². The van der Waals surface area contributed by atoms with E-state index >= 15 is 0 Å². The van der Waals surface area contributed by atoms with Crippen molar-refractivity contribution < 1.29 is 9.47 Å². The minimum Gasteiger partial charge on any atom is -0.497 e. The molecule has 2 N–H and O–H groups in total. The molecule has 0 atom stereocenters. The molecule has 0 aliphatic heterocycles. The van der Waals surface area contributed by atoms with Crippen LogP contribution in [0.2, 0.25) is 0 Å². The van der Waals surface area contributed by atoms with Crippen molar-refractivity contribution in [2.45, 2.75) is 20.4 Å². The zero-order valence-electron chi connectivity index (χ0n) is 17.2. The lowest BCUT2D eigenvalue weighted by Crippen LogP contribution is -2.38. The second-order valence-corrected chi connectivity index (χ2v) is 6.07. The van der Waals surface area contributed by atoms with Gasteiger partial charge in [0.2, 0.25) is 0 Å². The number of ether oxygens (including phenoxy) is 2. The van der Waals surface area contributed by atoms with E-state index in [2.05, 4.69) is 51.5 Å². The zero-order chi connectivity index (χ0) is 20.2. The van der Waals surface area contributed by atoms with Crippen LogP contribution in [-0.2, 0) is 6.54 Å². The third kappa shape index (κ3) is 6.64. The van der Waals surface area contributed by atoms with Gasteiger partial charge in [0.15, 0.2) is 5.96 Å². The van der Waals surface area contributed by atoms with E-state index in [0.717, 1.165) is 41.9 Å². The summed E-state index contributed by atoms with van der Waals surface area (Å²) in [6.07, 6.45) is 1.90. The predicted octanol–water partition coefficient (Wildman–Crippen LogP) is 2.68. The van der Waals surface area contributed by atoms with E-state index in [1.54, 1.807) is 14.2 Å².